The smallest absolute Gasteiger partial charge is 0.248 e. The highest BCUT2D eigenvalue weighted by atomic mass is 32.2. The second-order valence-corrected chi connectivity index (χ2v) is 6.17. The summed E-state index contributed by atoms with van der Waals surface area (Å²) >= 11 is 0. The van der Waals surface area contributed by atoms with Crippen molar-refractivity contribution in [2.45, 2.75) is 5.16 Å². The average Bonchev–Trinajstić information content (AvgIpc) is 2.87. The molecule has 0 saturated heterocycles. The Labute approximate surface area is 115 Å². The molecule has 0 aliphatic heterocycles. The maximum atomic E-state index is 11.4. The van der Waals surface area contributed by atoms with Crippen LogP contribution >= 0.6 is 0 Å². The van der Waals surface area contributed by atoms with Crippen molar-refractivity contribution in [1.82, 2.24) is 20.2 Å². The van der Waals surface area contributed by atoms with Gasteiger partial charge in [-0.1, -0.05) is 6.07 Å². The summed E-state index contributed by atoms with van der Waals surface area (Å²) in [6.07, 6.45) is 4.17. The van der Waals surface area contributed by atoms with Gasteiger partial charge in [0.25, 0.3) is 0 Å². The van der Waals surface area contributed by atoms with Crippen molar-refractivity contribution in [2.75, 3.05) is 11.6 Å². The maximum absolute atomic E-state index is 11.4. The number of nitrogens with zero attached hydrogens (tertiary/aromatic N) is 3. The summed E-state index contributed by atoms with van der Waals surface area (Å²) in [6.45, 7) is 0. The number of anilines is 2. The number of sulfone groups is 1. The molecule has 0 fully saturated rings. The van der Waals surface area contributed by atoms with Crippen molar-refractivity contribution < 1.29 is 8.42 Å². The average molecular weight is 289 g/mol. The van der Waals surface area contributed by atoms with Crippen LogP contribution in [0.4, 0.5) is 11.5 Å². The molecule has 0 atom stereocenters. The number of aromatic amines is 1. The van der Waals surface area contributed by atoms with Crippen molar-refractivity contribution >= 4 is 32.2 Å². The first-order chi connectivity index (χ1) is 9.54. The molecule has 0 radical (unpaired) electrons. The molecule has 0 unspecified atom stereocenters. The van der Waals surface area contributed by atoms with Crippen molar-refractivity contribution in [3.05, 3.63) is 36.7 Å². The van der Waals surface area contributed by atoms with E-state index in [2.05, 4.69) is 25.5 Å². The summed E-state index contributed by atoms with van der Waals surface area (Å²) in [6, 6.07) is 7.23. The molecule has 0 saturated carbocycles. The fourth-order valence-corrected chi connectivity index (χ4v) is 2.32. The molecular weight excluding hydrogens is 278 g/mol. The van der Waals surface area contributed by atoms with Crippen molar-refractivity contribution in [3.8, 4) is 0 Å². The Morgan fingerprint density at radius 3 is 2.90 bits per heavy atom. The van der Waals surface area contributed by atoms with Gasteiger partial charge in [-0.15, -0.1) is 0 Å². The molecule has 0 spiro atoms. The van der Waals surface area contributed by atoms with Gasteiger partial charge in [-0.2, -0.15) is 5.10 Å². The van der Waals surface area contributed by atoms with Crippen LogP contribution in [-0.4, -0.2) is 34.8 Å². The Morgan fingerprint density at radius 2 is 2.10 bits per heavy atom. The van der Waals surface area contributed by atoms with Crippen molar-refractivity contribution in [2.24, 2.45) is 0 Å². The largest absolute Gasteiger partial charge is 0.339 e. The highest BCUT2D eigenvalue weighted by molar-refractivity contribution is 7.90. The second kappa shape index (κ2) is 4.57. The number of rotatable bonds is 3. The van der Waals surface area contributed by atoms with Gasteiger partial charge in [0.15, 0.2) is 0 Å². The molecule has 2 heterocycles. The third-order valence-electron chi connectivity index (χ3n) is 2.71. The Kier molecular flexibility index (Phi) is 2.87. The molecule has 8 heteroatoms. The predicted molar refractivity (Wildman–Crippen MR) is 74.5 cm³/mol. The Balaban J connectivity index is 2.01. The fourth-order valence-electron chi connectivity index (χ4n) is 1.80. The van der Waals surface area contributed by atoms with Gasteiger partial charge in [-0.05, 0) is 18.2 Å². The zero-order chi connectivity index (χ0) is 14.2. The van der Waals surface area contributed by atoms with E-state index in [-0.39, 0.29) is 5.16 Å². The van der Waals surface area contributed by atoms with Crippen LogP contribution in [0, 0.1) is 0 Å². The number of nitrogens with one attached hydrogen (secondary N) is 2. The number of H-pyrrole nitrogens is 1. The molecule has 0 aliphatic rings. The van der Waals surface area contributed by atoms with Crippen LogP contribution in [-0.2, 0) is 9.84 Å². The van der Waals surface area contributed by atoms with Crippen LogP contribution in [0.3, 0.4) is 0 Å². The minimum absolute atomic E-state index is 0.207. The van der Waals surface area contributed by atoms with Crippen LogP contribution in [0.15, 0.2) is 41.8 Å². The molecule has 20 heavy (non-hydrogen) atoms. The van der Waals surface area contributed by atoms with E-state index in [9.17, 15) is 8.42 Å². The molecule has 3 aromatic rings. The van der Waals surface area contributed by atoms with E-state index in [1.807, 2.05) is 18.2 Å². The molecule has 1 aromatic carbocycles. The van der Waals surface area contributed by atoms with E-state index < -0.39 is 9.84 Å². The van der Waals surface area contributed by atoms with Crippen LogP contribution in [0.1, 0.15) is 0 Å². The lowest BCUT2D eigenvalue weighted by molar-refractivity contribution is 0.593. The molecule has 0 amide bonds. The number of fused-ring (bicyclic) bond motifs is 1. The van der Waals surface area contributed by atoms with Crippen LogP contribution in [0.5, 0.6) is 0 Å². The summed E-state index contributed by atoms with van der Waals surface area (Å²) < 4.78 is 22.9. The van der Waals surface area contributed by atoms with E-state index >= 15 is 0 Å². The highest BCUT2D eigenvalue weighted by Gasteiger charge is 2.12. The predicted octanol–water partition coefficient (Wildman–Crippen LogP) is 1.50. The van der Waals surface area contributed by atoms with Gasteiger partial charge in [0.1, 0.15) is 5.82 Å². The number of benzene rings is 1. The molecule has 2 aromatic heterocycles. The third-order valence-corrected chi connectivity index (χ3v) is 3.57. The van der Waals surface area contributed by atoms with Crippen LogP contribution in [0.25, 0.3) is 10.9 Å². The normalized spacial score (nSPS) is 11.7. The minimum Gasteiger partial charge on any atom is -0.339 e. The topological polar surface area (TPSA) is 101 Å². The minimum atomic E-state index is -3.43. The quantitative estimate of drug-likeness (QED) is 0.709. The van der Waals surface area contributed by atoms with E-state index in [0.717, 1.165) is 22.8 Å². The van der Waals surface area contributed by atoms with Gasteiger partial charge in [-0.3, -0.25) is 5.10 Å². The van der Waals surface area contributed by atoms with Gasteiger partial charge < -0.3 is 5.32 Å². The molecule has 102 valence electrons. The zero-order valence-electron chi connectivity index (χ0n) is 10.5. The highest BCUT2D eigenvalue weighted by Crippen LogP contribution is 2.24. The van der Waals surface area contributed by atoms with E-state index in [1.165, 1.54) is 6.20 Å². The van der Waals surface area contributed by atoms with Crippen LogP contribution < -0.4 is 5.32 Å². The third kappa shape index (κ3) is 2.32. The molecule has 0 aliphatic carbocycles. The monoisotopic (exact) mass is 289 g/mol. The fraction of sp³-hybridized carbons (Fsp3) is 0.0833. The summed E-state index contributed by atoms with van der Waals surface area (Å²) in [5, 5.41) is 10.6. The number of hydrogen-bond donors (Lipinski definition) is 2. The second-order valence-electron chi connectivity index (χ2n) is 4.26. The van der Waals surface area contributed by atoms with Gasteiger partial charge in [0.05, 0.1) is 17.4 Å². The van der Waals surface area contributed by atoms with Gasteiger partial charge in [0.2, 0.25) is 15.0 Å². The lowest BCUT2D eigenvalue weighted by atomic mass is 10.2. The summed E-state index contributed by atoms with van der Waals surface area (Å²) in [4.78, 5) is 7.74. The standard InChI is InChI=1S/C12H11N5O2S/c1-20(18,19)12-13-6-5-11(16-12)15-9-3-2-4-10-8(9)7-14-17-10/h2-7H,1H3,(H,14,17)(H,13,15,16). The lowest BCUT2D eigenvalue weighted by Crippen LogP contribution is -2.05. The van der Waals surface area contributed by atoms with Crippen molar-refractivity contribution in [3.63, 3.8) is 0 Å². The van der Waals surface area contributed by atoms with Gasteiger partial charge in [-0.25, -0.2) is 18.4 Å². The first kappa shape index (κ1) is 12.5. The first-order valence-electron chi connectivity index (χ1n) is 5.76. The summed E-state index contributed by atoms with van der Waals surface area (Å²) in [7, 11) is -3.43. The summed E-state index contributed by atoms with van der Waals surface area (Å²) in [5.74, 6) is 0.411. The van der Waals surface area contributed by atoms with E-state index in [4.69, 9.17) is 0 Å². The zero-order valence-corrected chi connectivity index (χ0v) is 11.3. The molecular formula is C12H11N5O2S. The Bertz CT molecular complexity index is 872. The summed E-state index contributed by atoms with van der Waals surface area (Å²) in [5.41, 5.74) is 1.67. The van der Waals surface area contributed by atoms with Gasteiger partial charge in [0, 0.05) is 17.8 Å². The SMILES string of the molecule is CS(=O)(=O)c1nccc(Nc2cccc3[nH]ncc23)n1. The van der Waals surface area contributed by atoms with Crippen molar-refractivity contribution in [1.29, 1.82) is 0 Å². The maximum Gasteiger partial charge on any atom is 0.248 e. The molecule has 7 nitrogen and oxygen atoms in total. The molecule has 2 N–H and O–H groups in total. The van der Waals surface area contributed by atoms with E-state index in [0.29, 0.717) is 5.82 Å². The molecule has 0 bridgehead atoms. The molecule has 3 rings (SSSR count). The Morgan fingerprint density at radius 1 is 1.25 bits per heavy atom. The van der Waals surface area contributed by atoms with Gasteiger partial charge >= 0.3 is 0 Å². The van der Waals surface area contributed by atoms with E-state index in [1.54, 1.807) is 12.3 Å². The first-order valence-corrected chi connectivity index (χ1v) is 7.65. The number of hydrogen-bond acceptors (Lipinski definition) is 6. The van der Waals surface area contributed by atoms with Crippen LogP contribution in [0.2, 0.25) is 0 Å². The number of aromatic nitrogens is 4. The Hall–Kier alpha value is -2.48. The lowest BCUT2D eigenvalue weighted by Gasteiger charge is -2.07.